The van der Waals surface area contributed by atoms with Gasteiger partial charge in [-0.15, -0.1) is 0 Å². The fraction of sp³-hybridized carbons (Fsp3) is 0.385. The number of nitrogens with zero attached hydrogens (tertiary/aromatic N) is 1. The Balaban J connectivity index is 2.33. The summed E-state index contributed by atoms with van der Waals surface area (Å²) < 4.78 is 0. The molecule has 1 heterocycles. The Bertz CT molecular complexity index is 449. The molecule has 3 nitrogen and oxygen atoms in total. The van der Waals surface area contributed by atoms with Crippen LogP contribution in [0.3, 0.4) is 0 Å². The molecular formula is C13H16N2O. The minimum Gasteiger partial charge on any atom is -0.383 e. The molecule has 0 atom stereocenters. The molecule has 16 heavy (non-hydrogen) atoms. The highest BCUT2D eigenvalue weighted by Gasteiger charge is 2.17. The van der Waals surface area contributed by atoms with Crippen molar-refractivity contribution in [2.75, 3.05) is 5.73 Å². The average Bonchev–Trinajstić information content (AvgIpc) is 2.32. The van der Waals surface area contributed by atoms with E-state index in [-0.39, 0.29) is 5.78 Å². The van der Waals surface area contributed by atoms with Gasteiger partial charge in [-0.1, -0.05) is 6.08 Å². The third kappa shape index (κ3) is 2.13. The first-order chi connectivity index (χ1) is 7.68. The van der Waals surface area contributed by atoms with Crippen molar-refractivity contribution >= 4 is 11.6 Å². The molecule has 3 heteroatoms. The number of ketones is 1. The summed E-state index contributed by atoms with van der Waals surface area (Å²) >= 11 is 0. The van der Waals surface area contributed by atoms with Gasteiger partial charge in [-0.25, -0.2) is 4.98 Å². The molecule has 1 aromatic heterocycles. The number of nitrogens with two attached hydrogens (primary N) is 1. The Labute approximate surface area is 95.4 Å². The second-order valence-corrected chi connectivity index (χ2v) is 4.25. The number of allylic oxidation sites excluding steroid dienone is 2. The van der Waals surface area contributed by atoms with E-state index in [1.54, 1.807) is 6.20 Å². The van der Waals surface area contributed by atoms with Gasteiger partial charge >= 0.3 is 0 Å². The molecule has 0 unspecified atom stereocenters. The predicted molar refractivity (Wildman–Crippen MR) is 64.3 cm³/mol. The molecule has 0 radical (unpaired) electrons. The van der Waals surface area contributed by atoms with Crippen LogP contribution < -0.4 is 5.73 Å². The molecule has 0 aliphatic heterocycles. The van der Waals surface area contributed by atoms with Crippen LogP contribution in [0.2, 0.25) is 0 Å². The van der Waals surface area contributed by atoms with Gasteiger partial charge in [0.2, 0.25) is 0 Å². The smallest absolute Gasteiger partial charge is 0.192 e. The topological polar surface area (TPSA) is 56.0 Å². The van der Waals surface area contributed by atoms with Crippen LogP contribution in [0, 0.1) is 6.92 Å². The molecule has 0 bridgehead atoms. The summed E-state index contributed by atoms with van der Waals surface area (Å²) in [7, 11) is 0. The number of hydrogen-bond acceptors (Lipinski definition) is 3. The van der Waals surface area contributed by atoms with Crippen LogP contribution in [0.1, 0.15) is 41.6 Å². The van der Waals surface area contributed by atoms with E-state index in [2.05, 4.69) is 4.98 Å². The molecule has 0 aromatic carbocycles. The van der Waals surface area contributed by atoms with Gasteiger partial charge in [0.25, 0.3) is 0 Å². The van der Waals surface area contributed by atoms with Crippen LogP contribution in [0.4, 0.5) is 5.82 Å². The maximum Gasteiger partial charge on any atom is 0.192 e. The minimum absolute atomic E-state index is 0.0494. The Morgan fingerprint density at radius 2 is 2.25 bits per heavy atom. The number of aromatic nitrogens is 1. The highest BCUT2D eigenvalue weighted by molar-refractivity contribution is 6.11. The van der Waals surface area contributed by atoms with E-state index in [0.29, 0.717) is 11.4 Å². The van der Waals surface area contributed by atoms with Gasteiger partial charge in [-0.05, 0) is 49.8 Å². The molecule has 0 amide bonds. The predicted octanol–water partition coefficient (Wildman–Crippen LogP) is 2.66. The summed E-state index contributed by atoms with van der Waals surface area (Å²) in [5.41, 5.74) is 8.15. The first kappa shape index (κ1) is 10.9. The molecule has 2 rings (SSSR count). The van der Waals surface area contributed by atoms with Crippen molar-refractivity contribution in [3.63, 3.8) is 0 Å². The molecule has 1 aromatic rings. The lowest BCUT2D eigenvalue weighted by molar-refractivity contribution is 0.102. The Morgan fingerprint density at radius 3 is 2.94 bits per heavy atom. The minimum atomic E-state index is 0.0494. The zero-order valence-electron chi connectivity index (χ0n) is 9.49. The molecule has 1 aliphatic rings. The summed E-state index contributed by atoms with van der Waals surface area (Å²) in [5, 5.41) is 0. The second-order valence-electron chi connectivity index (χ2n) is 4.25. The van der Waals surface area contributed by atoms with Crippen molar-refractivity contribution in [1.29, 1.82) is 0 Å². The van der Waals surface area contributed by atoms with E-state index in [4.69, 9.17) is 5.73 Å². The lowest BCUT2D eigenvalue weighted by atomic mass is 9.93. The summed E-state index contributed by atoms with van der Waals surface area (Å²) in [5.74, 6) is 0.385. The van der Waals surface area contributed by atoms with E-state index < -0.39 is 0 Å². The highest BCUT2D eigenvalue weighted by Crippen LogP contribution is 2.23. The standard InChI is InChI=1S/C13H16N2O/c1-9-7-11(13(14)15-8-9)12(16)10-5-3-2-4-6-10/h5,7-8H,2-4,6H2,1H3,(H2,14,15). The zero-order valence-corrected chi connectivity index (χ0v) is 9.49. The maximum atomic E-state index is 12.2. The molecule has 0 saturated carbocycles. The van der Waals surface area contributed by atoms with Crippen LogP contribution in [0.15, 0.2) is 23.9 Å². The maximum absolute atomic E-state index is 12.2. The number of anilines is 1. The molecule has 0 fully saturated rings. The van der Waals surface area contributed by atoms with Gasteiger partial charge in [0.15, 0.2) is 5.78 Å². The van der Waals surface area contributed by atoms with Crippen LogP contribution in [-0.2, 0) is 0 Å². The number of nitrogen functional groups attached to an aromatic ring is 1. The van der Waals surface area contributed by atoms with Crippen molar-refractivity contribution in [3.05, 3.63) is 35.0 Å². The number of aryl methyl sites for hydroxylation is 1. The van der Waals surface area contributed by atoms with E-state index in [9.17, 15) is 4.79 Å². The summed E-state index contributed by atoms with van der Waals surface area (Å²) in [6, 6.07) is 1.82. The SMILES string of the molecule is Cc1cnc(N)c(C(=O)C2=CCCCC2)c1. The Hall–Kier alpha value is -1.64. The van der Waals surface area contributed by atoms with Gasteiger partial charge < -0.3 is 5.73 Å². The number of Topliss-reactive ketones (excluding diaryl/α,β-unsaturated/α-hetero) is 1. The fourth-order valence-corrected chi connectivity index (χ4v) is 1.98. The molecule has 2 N–H and O–H groups in total. The zero-order chi connectivity index (χ0) is 11.5. The molecule has 0 saturated heterocycles. The van der Waals surface area contributed by atoms with E-state index in [0.717, 1.165) is 30.4 Å². The summed E-state index contributed by atoms with van der Waals surface area (Å²) in [6.45, 7) is 1.92. The van der Waals surface area contributed by atoms with Crippen molar-refractivity contribution in [2.45, 2.75) is 32.6 Å². The van der Waals surface area contributed by atoms with Gasteiger partial charge in [0.1, 0.15) is 5.82 Å². The molecule has 0 spiro atoms. The van der Waals surface area contributed by atoms with Crippen LogP contribution in [0.5, 0.6) is 0 Å². The van der Waals surface area contributed by atoms with E-state index in [1.165, 1.54) is 6.42 Å². The number of carbonyl (C=O) groups is 1. The van der Waals surface area contributed by atoms with Crippen molar-refractivity contribution in [2.24, 2.45) is 0 Å². The molecule has 84 valence electrons. The Morgan fingerprint density at radius 1 is 1.44 bits per heavy atom. The Kier molecular flexibility index (Phi) is 3.04. The summed E-state index contributed by atoms with van der Waals surface area (Å²) in [4.78, 5) is 16.2. The number of carbonyl (C=O) groups excluding carboxylic acids is 1. The molecular weight excluding hydrogens is 200 g/mol. The monoisotopic (exact) mass is 216 g/mol. The molecule has 1 aliphatic carbocycles. The largest absolute Gasteiger partial charge is 0.383 e. The lowest BCUT2D eigenvalue weighted by Gasteiger charge is -2.12. The van der Waals surface area contributed by atoms with Crippen LogP contribution in [0.25, 0.3) is 0 Å². The van der Waals surface area contributed by atoms with Crippen molar-refractivity contribution in [1.82, 2.24) is 4.98 Å². The van der Waals surface area contributed by atoms with E-state index >= 15 is 0 Å². The van der Waals surface area contributed by atoms with Crippen LogP contribution >= 0.6 is 0 Å². The van der Waals surface area contributed by atoms with Gasteiger partial charge in [0.05, 0.1) is 5.56 Å². The highest BCUT2D eigenvalue weighted by atomic mass is 16.1. The average molecular weight is 216 g/mol. The second kappa shape index (κ2) is 4.47. The summed E-state index contributed by atoms with van der Waals surface area (Å²) in [6.07, 6.45) is 7.86. The fourth-order valence-electron chi connectivity index (χ4n) is 1.98. The van der Waals surface area contributed by atoms with Crippen molar-refractivity contribution in [3.8, 4) is 0 Å². The van der Waals surface area contributed by atoms with Crippen molar-refractivity contribution < 1.29 is 4.79 Å². The first-order valence-electron chi connectivity index (χ1n) is 5.64. The number of hydrogen-bond donors (Lipinski definition) is 1. The lowest BCUT2D eigenvalue weighted by Crippen LogP contribution is -2.10. The number of pyridine rings is 1. The quantitative estimate of drug-likeness (QED) is 0.773. The van der Waals surface area contributed by atoms with Gasteiger partial charge in [-0.2, -0.15) is 0 Å². The normalized spacial score (nSPS) is 15.7. The third-order valence-electron chi connectivity index (χ3n) is 2.88. The first-order valence-corrected chi connectivity index (χ1v) is 5.64. The van der Waals surface area contributed by atoms with Gasteiger partial charge in [-0.3, -0.25) is 4.79 Å². The van der Waals surface area contributed by atoms with Crippen LogP contribution in [-0.4, -0.2) is 10.8 Å². The number of rotatable bonds is 2. The third-order valence-corrected chi connectivity index (χ3v) is 2.88. The van der Waals surface area contributed by atoms with E-state index in [1.807, 2.05) is 19.1 Å². The van der Waals surface area contributed by atoms with Gasteiger partial charge in [0, 0.05) is 6.20 Å².